The molecule has 0 aromatic heterocycles. The van der Waals surface area contributed by atoms with Crippen molar-refractivity contribution in [1.29, 1.82) is 0 Å². The van der Waals surface area contributed by atoms with Crippen molar-refractivity contribution in [3.8, 4) is 5.75 Å². The van der Waals surface area contributed by atoms with Crippen LogP contribution in [0, 0.1) is 0 Å². The summed E-state index contributed by atoms with van der Waals surface area (Å²) in [4.78, 5) is 34.6. The second-order valence-corrected chi connectivity index (χ2v) is 8.83. The van der Waals surface area contributed by atoms with Crippen LogP contribution in [-0.4, -0.2) is 47.0 Å². The maximum absolute atomic E-state index is 13.3. The Morgan fingerprint density at radius 2 is 1.66 bits per heavy atom. The summed E-state index contributed by atoms with van der Waals surface area (Å²) in [7, 11) is -5.15. The number of carbonyl (C=O) groups excluding carboxylic acids is 2. The number of alkyl halides is 3. The minimum Gasteiger partial charge on any atom is -0.465 e. The Hall–Kier alpha value is -2.53. The van der Waals surface area contributed by atoms with Crippen LogP contribution in [-0.2, 0) is 22.9 Å². The molecule has 0 radical (unpaired) electrons. The van der Waals surface area contributed by atoms with Crippen LogP contribution >= 0.6 is 19.6 Å². The third-order valence-corrected chi connectivity index (χ3v) is 6.18. The quantitative estimate of drug-likeness (QED) is 0.227. The van der Waals surface area contributed by atoms with Crippen LogP contribution in [0.4, 0.5) is 13.2 Å². The van der Waals surface area contributed by atoms with Gasteiger partial charge >= 0.3 is 25.6 Å². The van der Waals surface area contributed by atoms with E-state index in [9.17, 15) is 32.2 Å². The van der Waals surface area contributed by atoms with Crippen molar-refractivity contribution in [2.24, 2.45) is 0 Å². The van der Waals surface area contributed by atoms with E-state index in [2.05, 4.69) is 4.74 Å². The molecule has 0 aliphatic heterocycles. The molecule has 0 aliphatic rings. The third-order valence-electron chi connectivity index (χ3n) is 3.62. The molecule has 2 rings (SSSR count). The highest BCUT2D eigenvalue weighted by Gasteiger charge is 2.52. The van der Waals surface area contributed by atoms with E-state index >= 15 is 0 Å². The van der Waals surface area contributed by atoms with Crippen molar-refractivity contribution in [1.82, 2.24) is 4.90 Å². The first kappa shape index (κ1) is 25.7. The van der Waals surface area contributed by atoms with Gasteiger partial charge < -0.3 is 14.4 Å². The van der Waals surface area contributed by atoms with E-state index in [1.54, 1.807) is 24.3 Å². The molecule has 2 aromatic carbocycles. The SMILES string of the molecule is CCOC(=O)CN(C(=O)C(F)(F)F)C(Oc1ccccc1)P(=O)(O)OSc1ccccc1. The van der Waals surface area contributed by atoms with Crippen LogP contribution in [0.3, 0.4) is 0 Å². The largest absolute Gasteiger partial charge is 0.471 e. The molecular weight excluding hydrogens is 474 g/mol. The number of hydrogen-bond acceptors (Lipinski definition) is 7. The number of hydrogen-bond donors (Lipinski definition) is 1. The summed E-state index contributed by atoms with van der Waals surface area (Å²) in [5, 5.41) is 0. The van der Waals surface area contributed by atoms with E-state index in [0.717, 1.165) is 0 Å². The van der Waals surface area contributed by atoms with Crippen molar-refractivity contribution >= 4 is 31.5 Å². The lowest BCUT2D eigenvalue weighted by molar-refractivity contribution is -0.192. The second kappa shape index (κ2) is 11.4. The Kier molecular flexibility index (Phi) is 9.14. The monoisotopic (exact) mass is 493 g/mol. The lowest BCUT2D eigenvalue weighted by Crippen LogP contribution is -2.51. The van der Waals surface area contributed by atoms with E-state index in [1.807, 2.05) is 0 Å². The molecule has 2 aromatic rings. The Balaban J connectivity index is 2.42. The fraction of sp³-hybridized carbons (Fsp3) is 0.263. The van der Waals surface area contributed by atoms with Crippen LogP contribution in [0.2, 0.25) is 0 Å². The number of carbonyl (C=O) groups is 2. The summed E-state index contributed by atoms with van der Waals surface area (Å²) in [6, 6.07) is 15.0. The molecule has 0 fully saturated rings. The van der Waals surface area contributed by atoms with Gasteiger partial charge in [0.2, 0.25) is 0 Å². The molecule has 0 saturated heterocycles. The molecule has 8 nitrogen and oxygen atoms in total. The van der Waals surface area contributed by atoms with Crippen molar-refractivity contribution < 1.29 is 45.7 Å². The van der Waals surface area contributed by atoms with Crippen LogP contribution < -0.4 is 4.74 Å². The average molecular weight is 493 g/mol. The van der Waals surface area contributed by atoms with Gasteiger partial charge in [-0.1, -0.05) is 36.4 Å². The number of halogens is 3. The fourth-order valence-electron chi connectivity index (χ4n) is 2.30. The van der Waals surface area contributed by atoms with Gasteiger partial charge in [-0.05, 0) is 31.2 Å². The zero-order chi connectivity index (χ0) is 23.8. The summed E-state index contributed by atoms with van der Waals surface area (Å²) in [6.07, 6.45) is -5.47. The Morgan fingerprint density at radius 3 is 2.19 bits per heavy atom. The molecule has 0 aliphatic carbocycles. The van der Waals surface area contributed by atoms with Crippen LogP contribution in [0.5, 0.6) is 5.75 Å². The maximum Gasteiger partial charge on any atom is 0.471 e. The van der Waals surface area contributed by atoms with Crippen molar-refractivity contribution in [3.63, 3.8) is 0 Å². The van der Waals surface area contributed by atoms with Crippen LogP contribution in [0.25, 0.3) is 0 Å². The summed E-state index contributed by atoms with van der Waals surface area (Å²) < 4.78 is 67.6. The molecule has 2 atom stereocenters. The first-order valence-corrected chi connectivity index (χ1v) is 11.4. The molecule has 1 N–H and O–H groups in total. The molecule has 0 heterocycles. The van der Waals surface area contributed by atoms with E-state index in [0.29, 0.717) is 16.9 Å². The predicted octanol–water partition coefficient (Wildman–Crippen LogP) is 4.21. The second-order valence-electron chi connectivity index (χ2n) is 6.03. The van der Waals surface area contributed by atoms with Crippen LogP contribution in [0.15, 0.2) is 65.6 Å². The van der Waals surface area contributed by atoms with E-state index in [4.69, 9.17) is 8.71 Å². The number of nitrogens with zero attached hydrogens (tertiary/aromatic N) is 1. The number of para-hydroxylation sites is 1. The average Bonchev–Trinajstić information content (AvgIpc) is 2.75. The van der Waals surface area contributed by atoms with Gasteiger partial charge in [-0.25, -0.2) is 3.97 Å². The third kappa shape index (κ3) is 7.56. The van der Waals surface area contributed by atoms with Crippen molar-refractivity contribution in [3.05, 3.63) is 60.7 Å². The number of benzene rings is 2. The predicted molar refractivity (Wildman–Crippen MR) is 108 cm³/mol. The number of ether oxygens (including phenoxy) is 2. The molecule has 0 bridgehead atoms. The van der Waals surface area contributed by atoms with Gasteiger partial charge in [-0.15, -0.1) is 0 Å². The summed E-state index contributed by atoms with van der Waals surface area (Å²) >= 11 is 0.404. The standard InChI is InChI=1S/C19H19F3NO7PS/c1-2-28-16(24)13-23(17(25)19(20,21)22)18(29-14-9-5-3-6-10-14)31(26,27)30-32-15-11-7-4-8-12-15/h3-12,18H,2,13H2,1H3,(H,26,27). The van der Waals surface area contributed by atoms with Crippen molar-refractivity contribution in [2.45, 2.75) is 24.0 Å². The lowest BCUT2D eigenvalue weighted by Gasteiger charge is -2.32. The smallest absolute Gasteiger partial charge is 0.465 e. The molecule has 2 unspecified atom stereocenters. The molecule has 0 spiro atoms. The van der Waals surface area contributed by atoms with E-state index < -0.39 is 38.2 Å². The summed E-state index contributed by atoms with van der Waals surface area (Å²) in [6.45, 7) is -0.0792. The summed E-state index contributed by atoms with van der Waals surface area (Å²) in [5.74, 6) is -6.44. The molecule has 13 heteroatoms. The Morgan fingerprint density at radius 1 is 1.09 bits per heavy atom. The van der Waals surface area contributed by atoms with Gasteiger partial charge in [-0.3, -0.25) is 19.1 Å². The highest BCUT2D eigenvalue weighted by Crippen LogP contribution is 2.54. The molecular formula is C19H19F3NO7PS. The molecule has 174 valence electrons. The van der Waals surface area contributed by atoms with Gasteiger partial charge in [0.05, 0.1) is 6.61 Å². The highest BCUT2D eigenvalue weighted by atomic mass is 32.2. The topological polar surface area (TPSA) is 102 Å². The minimum absolute atomic E-state index is 0.135. The van der Waals surface area contributed by atoms with Crippen LogP contribution in [0.1, 0.15) is 6.92 Å². The number of rotatable bonds is 10. The minimum atomic E-state index is -5.47. The van der Waals surface area contributed by atoms with Gasteiger partial charge in [0.1, 0.15) is 12.3 Å². The number of amides is 1. The number of esters is 1. The highest BCUT2D eigenvalue weighted by molar-refractivity contribution is 7.98. The van der Waals surface area contributed by atoms with Gasteiger partial charge in [0.25, 0.3) is 5.97 Å². The lowest BCUT2D eigenvalue weighted by atomic mass is 10.3. The zero-order valence-electron chi connectivity index (χ0n) is 16.6. The van der Waals surface area contributed by atoms with Gasteiger partial charge in [-0.2, -0.15) is 13.2 Å². The zero-order valence-corrected chi connectivity index (χ0v) is 18.3. The first-order valence-electron chi connectivity index (χ1n) is 9.03. The maximum atomic E-state index is 13.3. The van der Waals surface area contributed by atoms with Crippen molar-refractivity contribution in [2.75, 3.05) is 13.2 Å². The Bertz CT molecular complexity index is 947. The van der Waals surface area contributed by atoms with E-state index in [-0.39, 0.29) is 17.3 Å². The van der Waals surface area contributed by atoms with E-state index in [1.165, 1.54) is 43.3 Å². The molecule has 32 heavy (non-hydrogen) atoms. The van der Waals surface area contributed by atoms with Gasteiger partial charge in [0, 0.05) is 16.9 Å². The first-order chi connectivity index (χ1) is 15.0. The molecule has 0 saturated carbocycles. The fourth-order valence-corrected chi connectivity index (χ4v) is 4.42. The normalized spacial score (nSPS) is 14.2. The van der Waals surface area contributed by atoms with Gasteiger partial charge in [0.15, 0.2) is 0 Å². The molecule has 1 amide bonds. The summed E-state index contributed by atoms with van der Waals surface area (Å²) in [5.41, 5.74) is 0. The Labute approximate surface area is 186 Å².